The van der Waals surface area contributed by atoms with Crippen LogP contribution in [0.3, 0.4) is 0 Å². The van der Waals surface area contributed by atoms with Crippen LogP contribution in [0.15, 0.2) is 66.9 Å². The molecule has 0 saturated heterocycles. The number of allylic oxidation sites excluding steroid dienone is 1. The molecule has 0 saturated carbocycles. The van der Waals surface area contributed by atoms with Crippen LogP contribution in [0, 0.1) is 27.7 Å². The minimum atomic E-state index is 0.0260. The number of aromatic nitrogens is 3. The minimum Gasteiger partial charge on any atom is -0.507 e. The zero-order valence-corrected chi connectivity index (χ0v) is 19.6. The molecular weight excluding hydrogens is 410 g/mol. The molecule has 0 aliphatic rings. The van der Waals surface area contributed by atoms with Crippen molar-refractivity contribution in [3.63, 3.8) is 0 Å². The number of ether oxygens (including phenoxy) is 1. The van der Waals surface area contributed by atoms with Crippen molar-refractivity contribution in [1.82, 2.24) is 15.0 Å². The maximum atomic E-state index is 10.8. The fraction of sp³-hybridized carbons (Fsp3) is 0.179. The quantitative estimate of drug-likeness (QED) is 0.351. The number of aryl methyl sites for hydroxylation is 4. The van der Waals surface area contributed by atoms with Crippen molar-refractivity contribution in [1.29, 1.82) is 0 Å². The van der Waals surface area contributed by atoms with E-state index in [1.807, 2.05) is 38.1 Å². The molecule has 0 amide bonds. The van der Waals surface area contributed by atoms with Gasteiger partial charge in [-0.1, -0.05) is 54.1 Å². The molecule has 0 aliphatic carbocycles. The third-order valence-corrected chi connectivity index (χ3v) is 5.38. The lowest BCUT2D eigenvalue weighted by Gasteiger charge is -2.13. The summed E-state index contributed by atoms with van der Waals surface area (Å²) < 4.78 is 5.52. The highest BCUT2D eigenvalue weighted by atomic mass is 16.5. The molecule has 1 N–H and O–H groups in total. The normalized spacial score (nSPS) is 10.8. The Balaban J connectivity index is 1.92. The summed E-state index contributed by atoms with van der Waals surface area (Å²) in [6, 6.07) is 17.4. The van der Waals surface area contributed by atoms with Gasteiger partial charge in [-0.05, 0) is 57.9 Å². The van der Waals surface area contributed by atoms with Gasteiger partial charge in [0.1, 0.15) is 11.5 Å². The van der Waals surface area contributed by atoms with Crippen LogP contribution in [0.25, 0.3) is 34.2 Å². The number of nitrogens with zero attached hydrogens (tertiary/aromatic N) is 3. The van der Waals surface area contributed by atoms with Crippen molar-refractivity contribution in [2.75, 3.05) is 0 Å². The summed E-state index contributed by atoms with van der Waals surface area (Å²) in [6.07, 6.45) is 0. The molecular formula is C28H27N3O2. The molecule has 0 atom stereocenters. The highest BCUT2D eigenvalue weighted by Crippen LogP contribution is 2.34. The summed E-state index contributed by atoms with van der Waals surface area (Å²) in [5, 5.41) is 10.8. The van der Waals surface area contributed by atoms with Crippen LogP contribution in [0.4, 0.5) is 0 Å². The van der Waals surface area contributed by atoms with E-state index >= 15 is 0 Å². The van der Waals surface area contributed by atoms with E-state index in [0.29, 0.717) is 34.5 Å². The van der Waals surface area contributed by atoms with Gasteiger partial charge in [0, 0.05) is 17.2 Å². The second kappa shape index (κ2) is 8.87. The number of rotatable bonds is 5. The van der Waals surface area contributed by atoms with Gasteiger partial charge in [-0.15, -0.1) is 0 Å². The second-order valence-corrected chi connectivity index (χ2v) is 8.43. The number of benzene rings is 3. The third-order valence-electron chi connectivity index (χ3n) is 5.38. The molecule has 0 fully saturated rings. The van der Waals surface area contributed by atoms with E-state index < -0.39 is 0 Å². The largest absolute Gasteiger partial charge is 0.507 e. The van der Waals surface area contributed by atoms with Gasteiger partial charge >= 0.3 is 0 Å². The van der Waals surface area contributed by atoms with Crippen molar-refractivity contribution >= 4 is 0 Å². The Morgan fingerprint density at radius 2 is 1.15 bits per heavy atom. The summed E-state index contributed by atoms with van der Waals surface area (Å²) in [6.45, 7) is 13.7. The van der Waals surface area contributed by atoms with Crippen LogP contribution in [0.5, 0.6) is 11.5 Å². The van der Waals surface area contributed by atoms with E-state index in [1.165, 1.54) is 11.1 Å². The van der Waals surface area contributed by atoms with Gasteiger partial charge in [0.25, 0.3) is 0 Å². The average Bonchev–Trinajstić information content (AvgIpc) is 2.73. The smallest absolute Gasteiger partial charge is 0.167 e. The molecule has 0 radical (unpaired) electrons. The van der Waals surface area contributed by atoms with Gasteiger partial charge in [-0.3, -0.25) is 0 Å². The van der Waals surface area contributed by atoms with Crippen LogP contribution < -0.4 is 4.74 Å². The van der Waals surface area contributed by atoms with Crippen LogP contribution in [0.2, 0.25) is 0 Å². The lowest BCUT2D eigenvalue weighted by Crippen LogP contribution is -2.02. The van der Waals surface area contributed by atoms with Crippen molar-refractivity contribution in [3.05, 3.63) is 89.2 Å². The molecule has 3 aromatic carbocycles. The van der Waals surface area contributed by atoms with Gasteiger partial charge in [-0.25, -0.2) is 15.0 Å². The maximum absolute atomic E-state index is 10.8. The van der Waals surface area contributed by atoms with Crippen molar-refractivity contribution < 1.29 is 9.84 Å². The molecule has 166 valence electrons. The average molecular weight is 438 g/mol. The summed E-state index contributed by atoms with van der Waals surface area (Å²) in [7, 11) is 0. The second-order valence-electron chi connectivity index (χ2n) is 8.43. The fourth-order valence-corrected chi connectivity index (χ4v) is 3.83. The predicted molar refractivity (Wildman–Crippen MR) is 132 cm³/mol. The number of hydrogen-bond acceptors (Lipinski definition) is 5. The molecule has 1 heterocycles. The van der Waals surface area contributed by atoms with E-state index in [4.69, 9.17) is 19.7 Å². The molecule has 5 heteroatoms. The topological polar surface area (TPSA) is 68.1 Å². The summed E-state index contributed by atoms with van der Waals surface area (Å²) in [5.41, 5.74) is 6.86. The van der Waals surface area contributed by atoms with Gasteiger partial charge in [0.2, 0.25) is 0 Å². The first-order valence-electron chi connectivity index (χ1n) is 10.8. The Morgan fingerprint density at radius 1 is 0.697 bits per heavy atom. The predicted octanol–water partition coefficient (Wildman–Crippen LogP) is 6.72. The highest BCUT2D eigenvalue weighted by Gasteiger charge is 2.17. The van der Waals surface area contributed by atoms with Crippen molar-refractivity contribution in [2.24, 2.45) is 0 Å². The molecule has 0 aliphatic heterocycles. The van der Waals surface area contributed by atoms with E-state index in [-0.39, 0.29) is 5.75 Å². The van der Waals surface area contributed by atoms with Crippen LogP contribution in [-0.2, 0) is 0 Å². The zero-order valence-electron chi connectivity index (χ0n) is 19.6. The van der Waals surface area contributed by atoms with Crippen LogP contribution in [-0.4, -0.2) is 20.1 Å². The molecule has 0 bridgehead atoms. The van der Waals surface area contributed by atoms with Crippen molar-refractivity contribution in [2.45, 2.75) is 34.6 Å². The Labute approximate surface area is 194 Å². The standard InChI is InChI=1S/C28H27N3O2/c1-16(2)33-21-9-12-24(25(32)15-21)28-30-26(22-10-7-17(3)13-19(22)5)29-27(31-28)23-11-8-18(4)14-20(23)6/h7-15,32H,1H2,2-6H3. The van der Waals surface area contributed by atoms with Crippen LogP contribution >= 0.6 is 0 Å². The van der Waals surface area contributed by atoms with E-state index in [2.05, 4.69) is 32.6 Å². The Kier molecular flexibility index (Phi) is 5.97. The molecule has 4 rings (SSSR count). The Bertz CT molecular complexity index is 1310. The van der Waals surface area contributed by atoms with Crippen molar-refractivity contribution in [3.8, 4) is 45.7 Å². The molecule has 0 unspecified atom stereocenters. The summed E-state index contributed by atoms with van der Waals surface area (Å²) in [5.74, 6) is 2.59. The molecule has 1 aromatic heterocycles. The number of aromatic hydroxyl groups is 1. The highest BCUT2D eigenvalue weighted by molar-refractivity contribution is 5.72. The Hall–Kier alpha value is -3.99. The summed E-state index contributed by atoms with van der Waals surface area (Å²) >= 11 is 0. The SMILES string of the molecule is C=C(C)Oc1ccc(-c2nc(-c3ccc(C)cc3C)nc(-c3ccc(C)cc3C)n2)c(O)c1. The molecule has 5 nitrogen and oxygen atoms in total. The first-order valence-corrected chi connectivity index (χ1v) is 10.8. The van der Waals surface area contributed by atoms with E-state index in [0.717, 1.165) is 22.3 Å². The zero-order chi connectivity index (χ0) is 23.7. The van der Waals surface area contributed by atoms with Gasteiger partial charge < -0.3 is 9.84 Å². The van der Waals surface area contributed by atoms with E-state index in [9.17, 15) is 5.11 Å². The molecule has 0 spiro atoms. The lowest BCUT2D eigenvalue weighted by atomic mass is 10.0. The third kappa shape index (κ3) is 4.77. The Morgan fingerprint density at radius 3 is 1.58 bits per heavy atom. The molecule has 33 heavy (non-hydrogen) atoms. The first-order chi connectivity index (χ1) is 15.7. The number of phenolic OH excluding ortho intramolecular Hbond substituents is 1. The monoisotopic (exact) mass is 437 g/mol. The van der Waals surface area contributed by atoms with E-state index in [1.54, 1.807) is 25.1 Å². The number of phenols is 1. The number of hydrogen-bond donors (Lipinski definition) is 1. The summed E-state index contributed by atoms with van der Waals surface area (Å²) in [4.78, 5) is 14.3. The lowest BCUT2D eigenvalue weighted by molar-refractivity contribution is 0.422. The first kappa shape index (κ1) is 22.2. The molecule has 4 aromatic rings. The van der Waals surface area contributed by atoms with Crippen LogP contribution in [0.1, 0.15) is 29.2 Å². The fourth-order valence-electron chi connectivity index (χ4n) is 3.83. The van der Waals surface area contributed by atoms with Gasteiger partial charge in [0.15, 0.2) is 17.5 Å². The maximum Gasteiger partial charge on any atom is 0.167 e. The van der Waals surface area contributed by atoms with Gasteiger partial charge in [-0.2, -0.15) is 0 Å². The van der Waals surface area contributed by atoms with Gasteiger partial charge in [0.05, 0.1) is 11.3 Å². The minimum absolute atomic E-state index is 0.0260.